The summed E-state index contributed by atoms with van der Waals surface area (Å²) in [6.45, 7) is -0.375. The van der Waals surface area contributed by atoms with E-state index >= 15 is 0 Å². The van der Waals surface area contributed by atoms with E-state index in [9.17, 15) is 28.3 Å². The van der Waals surface area contributed by atoms with Crippen molar-refractivity contribution in [2.75, 3.05) is 48.5 Å². The van der Waals surface area contributed by atoms with E-state index < -0.39 is 62.7 Å². The normalized spacial score (nSPS) is 20.7. The van der Waals surface area contributed by atoms with Crippen LogP contribution in [0.2, 0.25) is 0 Å². The van der Waals surface area contributed by atoms with Gasteiger partial charge >= 0.3 is 27.6 Å². The summed E-state index contributed by atoms with van der Waals surface area (Å²) in [5, 5.41) is 0. The standard InChI is InChI=1S/C33H47N3O15P2/c1-34(2)30(37)26-28(50-32(39)22-10-6-20(7-11-22)18-48-52(41,42)43)29(51-33(40)23-12-8-21(9-13-23)19-49-53(44,45)46)27(31(38)35(3)4)36(26)24-14-16-25(47-5)17-15-24/h14-17,20-23H,6-13,18-19H2,1-5H3,(H2,41,42,43)(H2,44,45,46)/t20-,21?,22-,23?. The van der Waals surface area contributed by atoms with Crippen LogP contribution in [0.15, 0.2) is 24.3 Å². The van der Waals surface area contributed by atoms with Crippen molar-refractivity contribution >= 4 is 39.4 Å². The number of phosphoric ester groups is 2. The van der Waals surface area contributed by atoms with Crippen LogP contribution in [0, 0.1) is 23.7 Å². The monoisotopic (exact) mass is 787 g/mol. The molecule has 4 rings (SSSR count). The number of rotatable bonds is 14. The molecule has 2 fully saturated rings. The number of ether oxygens (including phenoxy) is 3. The van der Waals surface area contributed by atoms with Crippen molar-refractivity contribution in [3.05, 3.63) is 35.7 Å². The summed E-state index contributed by atoms with van der Waals surface area (Å²) in [6.07, 6.45) is 2.67. The third-order valence-electron chi connectivity index (χ3n) is 9.35. The molecule has 2 amide bonds. The summed E-state index contributed by atoms with van der Waals surface area (Å²) in [6, 6.07) is 6.36. The summed E-state index contributed by atoms with van der Waals surface area (Å²) >= 11 is 0. The number of benzene rings is 1. The van der Waals surface area contributed by atoms with Crippen molar-refractivity contribution in [2.24, 2.45) is 23.7 Å². The minimum atomic E-state index is -4.67. The van der Waals surface area contributed by atoms with Crippen LogP contribution in [0.25, 0.3) is 5.69 Å². The maximum Gasteiger partial charge on any atom is 0.469 e. The van der Waals surface area contributed by atoms with Gasteiger partial charge in [0.2, 0.25) is 11.5 Å². The van der Waals surface area contributed by atoms with Crippen molar-refractivity contribution in [3.8, 4) is 22.9 Å². The number of phosphoric acid groups is 2. The van der Waals surface area contributed by atoms with Gasteiger partial charge in [0.05, 0.1) is 32.2 Å². The summed E-state index contributed by atoms with van der Waals surface area (Å²) < 4.78 is 50.2. The third kappa shape index (κ3) is 11.2. The Balaban J connectivity index is 1.77. The molecule has 2 aromatic rings. The highest BCUT2D eigenvalue weighted by molar-refractivity contribution is 7.46. The number of hydrogen-bond donors (Lipinski definition) is 4. The molecule has 1 aromatic heterocycles. The Bertz CT molecular complexity index is 1630. The van der Waals surface area contributed by atoms with Crippen molar-refractivity contribution < 1.29 is 71.1 Å². The van der Waals surface area contributed by atoms with Crippen LogP contribution in [0.1, 0.15) is 72.3 Å². The van der Waals surface area contributed by atoms with Gasteiger partial charge in [-0.2, -0.15) is 0 Å². The number of methoxy groups -OCH3 is 1. The molecule has 18 nitrogen and oxygen atoms in total. The molecule has 0 radical (unpaired) electrons. The maximum atomic E-state index is 14.0. The number of nitrogens with zero attached hydrogens (tertiary/aromatic N) is 3. The van der Waals surface area contributed by atoms with Gasteiger partial charge in [0.1, 0.15) is 5.75 Å². The number of hydrogen-bond acceptors (Lipinski definition) is 11. The largest absolute Gasteiger partial charge is 0.497 e. The first-order valence-electron chi connectivity index (χ1n) is 17.0. The molecular formula is C33H47N3O15P2. The Morgan fingerprint density at radius 1 is 0.660 bits per heavy atom. The molecule has 0 bridgehead atoms. The molecule has 1 aromatic carbocycles. The number of carbonyl (C=O) groups excluding carboxylic acids is 4. The maximum absolute atomic E-state index is 14.0. The Morgan fingerprint density at radius 3 is 1.32 bits per heavy atom. The molecular weight excluding hydrogens is 740 g/mol. The second-order valence-corrected chi connectivity index (χ2v) is 16.1. The first kappa shape index (κ1) is 42.1. The molecule has 2 aliphatic carbocycles. The quantitative estimate of drug-likeness (QED) is 0.158. The summed E-state index contributed by atoms with van der Waals surface area (Å²) in [5.41, 5.74) is -0.232. The SMILES string of the molecule is COc1ccc(-n2c(C(=O)N(C)C)c(OC(=O)C3CCC(COP(=O)(O)O)CC3)c(OC(=O)[C@H]3CC[C@H](COP(=O)(O)O)CC3)c2C(=O)N(C)C)cc1. The summed E-state index contributed by atoms with van der Waals surface area (Å²) in [4.78, 5) is 94.5. The molecule has 1 heterocycles. The lowest BCUT2D eigenvalue weighted by Gasteiger charge is -2.27. The first-order chi connectivity index (χ1) is 24.8. The molecule has 2 saturated carbocycles. The fourth-order valence-corrected chi connectivity index (χ4v) is 7.23. The minimum absolute atomic E-state index is 0.188. The molecule has 0 spiro atoms. The average Bonchev–Trinajstić information content (AvgIpc) is 3.41. The number of aromatic nitrogens is 1. The fourth-order valence-electron chi connectivity index (χ4n) is 6.42. The van der Waals surface area contributed by atoms with E-state index in [-0.39, 0.29) is 67.8 Å². The van der Waals surface area contributed by atoms with Crippen molar-refractivity contribution in [3.63, 3.8) is 0 Å². The average molecular weight is 788 g/mol. The van der Waals surface area contributed by atoms with Crippen LogP contribution in [0.5, 0.6) is 17.2 Å². The van der Waals surface area contributed by atoms with Crippen LogP contribution in [0.3, 0.4) is 0 Å². The molecule has 53 heavy (non-hydrogen) atoms. The van der Waals surface area contributed by atoms with Gasteiger partial charge in [-0.3, -0.25) is 32.8 Å². The molecule has 0 saturated heterocycles. The molecule has 4 N–H and O–H groups in total. The van der Waals surface area contributed by atoms with Gasteiger partial charge in [-0.25, -0.2) is 9.13 Å². The van der Waals surface area contributed by atoms with Gasteiger partial charge in [-0.05, 0) is 87.5 Å². The molecule has 294 valence electrons. The Hall–Kier alpha value is -3.60. The number of carbonyl (C=O) groups is 4. The van der Waals surface area contributed by atoms with Crippen molar-refractivity contribution in [1.29, 1.82) is 0 Å². The second-order valence-electron chi connectivity index (χ2n) is 13.6. The van der Waals surface area contributed by atoms with Gasteiger partial charge in [0.25, 0.3) is 11.8 Å². The van der Waals surface area contributed by atoms with Crippen molar-refractivity contribution in [2.45, 2.75) is 51.4 Å². The summed E-state index contributed by atoms with van der Waals surface area (Å²) in [5.74, 6) is -5.09. The van der Waals surface area contributed by atoms with Crippen LogP contribution in [-0.4, -0.2) is 106 Å². The zero-order chi connectivity index (χ0) is 39.2. The van der Waals surface area contributed by atoms with Gasteiger partial charge < -0.3 is 43.6 Å². The highest BCUT2D eigenvalue weighted by Gasteiger charge is 2.40. The predicted molar refractivity (Wildman–Crippen MR) is 187 cm³/mol. The summed E-state index contributed by atoms with van der Waals surface area (Å²) in [7, 11) is -2.00. The number of amides is 2. The highest BCUT2D eigenvalue weighted by atomic mass is 31.2. The lowest BCUT2D eigenvalue weighted by molar-refractivity contribution is -0.143. The van der Waals surface area contributed by atoms with Gasteiger partial charge in [0, 0.05) is 33.9 Å². The zero-order valence-corrected chi connectivity index (χ0v) is 32.0. The topological polar surface area (TPSA) is 241 Å². The van der Waals surface area contributed by atoms with Crippen LogP contribution in [-0.2, 0) is 27.8 Å². The molecule has 2 aliphatic rings. The third-order valence-corrected chi connectivity index (χ3v) is 10.3. The van der Waals surface area contributed by atoms with Gasteiger partial charge in [0.15, 0.2) is 11.4 Å². The van der Waals surface area contributed by atoms with E-state index in [4.69, 9.17) is 33.8 Å². The van der Waals surface area contributed by atoms with Crippen molar-refractivity contribution in [1.82, 2.24) is 14.4 Å². The Kier molecular flexibility index (Phi) is 14.1. The lowest BCUT2D eigenvalue weighted by Crippen LogP contribution is -2.29. The molecule has 0 atom stereocenters. The molecule has 0 aliphatic heterocycles. The van der Waals surface area contributed by atoms with Gasteiger partial charge in [-0.1, -0.05) is 0 Å². The van der Waals surface area contributed by atoms with E-state index in [1.165, 1.54) is 49.7 Å². The first-order valence-corrected chi connectivity index (χ1v) is 20.1. The Labute approximate surface area is 306 Å². The Morgan fingerprint density at radius 2 is 1.02 bits per heavy atom. The van der Waals surface area contributed by atoms with E-state index in [1.807, 2.05) is 0 Å². The van der Waals surface area contributed by atoms with Crippen LogP contribution in [0.4, 0.5) is 0 Å². The second kappa shape index (κ2) is 17.7. The van der Waals surface area contributed by atoms with E-state index in [2.05, 4.69) is 9.05 Å². The molecule has 20 heteroatoms. The van der Waals surface area contributed by atoms with Crippen LogP contribution < -0.4 is 14.2 Å². The molecule has 0 unspecified atom stereocenters. The minimum Gasteiger partial charge on any atom is -0.497 e. The predicted octanol–water partition coefficient (Wildman–Crippen LogP) is 3.53. The smallest absolute Gasteiger partial charge is 0.469 e. The van der Waals surface area contributed by atoms with E-state index in [0.717, 1.165) is 0 Å². The fraction of sp³-hybridized carbons (Fsp3) is 0.576. The van der Waals surface area contributed by atoms with Crippen LogP contribution >= 0.6 is 15.6 Å². The zero-order valence-electron chi connectivity index (χ0n) is 30.2. The van der Waals surface area contributed by atoms with E-state index in [1.54, 1.807) is 24.3 Å². The van der Waals surface area contributed by atoms with E-state index in [0.29, 0.717) is 31.4 Å². The van der Waals surface area contributed by atoms with Gasteiger partial charge in [-0.15, -0.1) is 0 Å². The lowest BCUT2D eigenvalue weighted by atomic mass is 9.82. The number of esters is 2. The highest BCUT2D eigenvalue weighted by Crippen LogP contribution is 2.45.